The van der Waals surface area contributed by atoms with Gasteiger partial charge in [-0.3, -0.25) is 37.3 Å². The lowest BCUT2D eigenvalue weighted by molar-refractivity contribution is -0.161. The van der Waals surface area contributed by atoms with Gasteiger partial charge in [-0.2, -0.15) is 0 Å². The zero-order valence-corrected chi connectivity index (χ0v) is 58.8. The molecule has 7 atom stereocenters. The van der Waals surface area contributed by atoms with Crippen LogP contribution in [0.25, 0.3) is 0 Å². The maximum atomic E-state index is 13.0. The van der Waals surface area contributed by atoms with Gasteiger partial charge in [0.25, 0.3) is 0 Å². The second-order valence-electron chi connectivity index (χ2n) is 25.4. The van der Waals surface area contributed by atoms with Gasteiger partial charge in [0, 0.05) is 25.7 Å². The lowest BCUT2D eigenvalue weighted by Crippen LogP contribution is -2.30. The molecule has 3 N–H and O–H groups in total. The zero-order chi connectivity index (χ0) is 65.0. The Kier molecular flexibility index (Phi) is 59.9. The van der Waals surface area contributed by atoms with Crippen LogP contribution in [0, 0.1) is 11.8 Å². The van der Waals surface area contributed by atoms with Crippen LogP contribution in [-0.4, -0.2) is 96.7 Å². The van der Waals surface area contributed by atoms with E-state index >= 15 is 0 Å². The summed E-state index contributed by atoms with van der Waals surface area (Å²) < 4.78 is 68.2. The molecule has 0 spiro atoms. The summed E-state index contributed by atoms with van der Waals surface area (Å²) in [5, 5.41) is 10.6. The minimum atomic E-state index is -4.95. The number of esters is 4. The van der Waals surface area contributed by atoms with Crippen LogP contribution in [-0.2, 0) is 65.4 Å². The van der Waals surface area contributed by atoms with Gasteiger partial charge in [-0.1, -0.05) is 298 Å². The first-order valence-corrected chi connectivity index (χ1v) is 39.1. The summed E-state index contributed by atoms with van der Waals surface area (Å²) in [7, 11) is -9.90. The summed E-state index contributed by atoms with van der Waals surface area (Å²) in [5.41, 5.74) is 0. The van der Waals surface area contributed by atoms with Crippen molar-refractivity contribution in [1.29, 1.82) is 0 Å². The van der Waals surface area contributed by atoms with Crippen LogP contribution in [0.3, 0.4) is 0 Å². The second kappa shape index (κ2) is 61.3. The Morgan fingerprint density at radius 2 is 0.545 bits per heavy atom. The van der Waals surface area contributed by atoms with Crippen molar-refractivity contribution in [2.45, 2.75) is 368 Å². The summed E-state index contributed by atoms with van der Waals surface area (Å²) in [6.45, 7) is 9.58. The molecule has 0 aromatic heterocycles. The van der Waals surface area contributed by atoms with Crippen LogP contribution in [0.15, 0.2) is 0 Å². The Bertz CT molecular complexity index is 1720. The molecule has 0 amide bonds. The third-order valence-corrected chi connectivity index (χ3v) is 18.6. The van der Waals surface area contributed by atoms with Crippen molar-refractivity contribution in [2.75, 3.05) is 39.6 Å². The number of phosphoric ester groups is 2. The van der Waals surface area contributed by atoms with Gasteiger partial charge in [0.1, 0.15) is 19.3 Å². The van der Waals surface area contributed by atoms with Crippen molar-refractivity contribution in [3.05, 3.63) is 0 Å². The molecule has 0 saturated heterocycles. The van der Waals surface area contributed by atoms with E-state index in [2.05, 4.69) is 41.5 Å². The fourth-order valence-electron chi connectivity index (χ4n) is 10.4. The van der Waals surface area contributed by atoms with Crippen molar-refractivity contribution in [3.8, 4) is 0 Å². The first kappa shape index (κ1) is 86.1. The summed E-state index contributed by atoms with van der Waals surface area (Å²) in [4.78, 5) is 72.5. The van der Waals surface area contributed by atoms with E-state index in [4.69, 9.17) is 37.0 Å². The quantitative estimate of drug-likeness (QED) is 0.0222. The number of hydrogen-bond acceptors (Lipinski definition) is 15. The number of aliphatic hydroxyl groups is 1. The molecule has 0 fully saturated rings. The monoisotopic (exact) mass is 1300 g/mol. The van der Waals surface area contributed by atoms with E-state index < -0.39 is 97.5 Å². The van der Waals surface area contributed by atoms with Crippen LogP contribution in [0.2, 0.25) is 0 Å². The minimum absolute atomic E-state index is 0.106. The highest BCUT2D eigenvalue weighted by Crippen LogP contribution is 2.45. The highest BCUT2D eigenvalue weighted by molar-refractivity contribution is 7.47. The highest BCUT2D eigenvalue weighted by Gasteiger charge is 2.30. The second-order valence-corrected chi connectivity index (χ2v) is 28.3. The summed E-state index contributed by atoms with van der Waals surface area (Å²) in [6, 6.07) is 0. The van der Waals surface area contributed by atoms with E-state index in [-0.39, 0.29) is 25.7 Å². The predicted molar refractivity (Wildman–Crippen MR) is 354 cm³/mol. The molecule has 0 saturated carbocycles. The number of ether oxygens (including phenoxy) is 4. The lowest BCUT2D eigenvalue weighted by Gasteiger charge is -2.21. The molecule has 0 aromatic carbocycles. The largest absolute Gasteiger partial charge is 0.472 e. The Labute approximate surface area is 537 Å². The topological polar surface area (TPSA) is 237 Å². The molecular formula is C69H134O17P2. The van der Waals surface area contributed by atoms with Crippen molar-refractivity contribution in [3.63, 3.8) is 0 Å². The van der Waals surface area contributed by atoms with Gasteiger partial charge < -0.3 is 33.8 Å². The third-order valence-electron chi connectivity index (χ3n) is 16.7. The molecule has 88 heavy (non-hydrogen) atoms. The first-order chi connectivity index (χ1) is 42.4. The predicted octanol–water partition coefficient (Wildman–Crippen LogP) is 19.6. The van der Waals surface area contributed by atoms with Gasteiger partial charge >= 0.3 is 39.5 Å². The van der Waals surface area contributed by atoms with Crippen LogP contribution in [0.4, 0.5) is 0 Å². The number of phosphoric acid groups is 2. The molecule has 0 aliphatic carbocycles. The van der Waals surface area contributed by atoms with E-state index in [0.29, 0.717) is 25.7 Å². The number of carbonyl (C=O) groups is 4. The SMILES string of the molecule is CCCCCCCCCCCCCC(=O)O[C@H](COC(=O)CCCCCCCCCCC)COP(=O)(O)OC[C@H](O)COP(=O)(O)OC[C@@H](COC(=O)CCCCCCCCCCCCC(C)CC)OC(=O)CCCCCCCCCCCCC(C)CC. The van der Waals surface area contributed by atoms with Gasteiger partial charge in [0.2, 0.25) is 0 Å². The lowest BCUT2D eigenvalue weighted by atomic mass is 9.99. The third kappa shape index (κ3) is 60.3. The van der Waals surface area contributed by atoms with Gasteiger partial charge in [-0.15, -0.1) is 0 Å². The molecule has 0 rings (SSSR count). The molecule has 0 aliphatic heterocycles. The van der Waals surface area contributed by atoms with Gasteiger partial charge in [0.05, 0.1) is 26.4 Å². The summed E-state index contributed by atoms with van der Waals surface area (Å²) >= 11 is 0. The van der Waals surface area contributed by atoms with Gasteiger partial charge in [0.15, 0.2) is 12.2 Å². The van der Waals surface area contributed by atoms with E-state index in [0.717, 1.165) is 102 Å². The average molecular weight is 1300 g/mol. The van der Waals surface area contributed by atoms with Crippen molar-refractivity contribution < 1.29 is 80.2 Å². The average Bonchev–Trinajstić information content (AvgIpc) is 3.51. The highest BCUT2D eigenvalue weighted by atomic mass is 31.2. The van der Waals surface area contributed by atoms with Crippen LogP contribution in [0.5, 0.6) is 0 Å². The fraction of sp³-hybridized carbons (Fsp3) is 0.942. The molecule has 0 radical (unpaired) electrons. The molecule has 0 bridgehead atoms. The van der Waals surface area contributed by atoms with E-state index in [1.165, 1.54) is 167 Å². The summed E-state index contributed by atoms with van der Waals surface area (Å²) in [5.74, 6) is -0.513. The van der Waals surface area contributed by atoms with Crippen molar-refractivity contribution in [2.24, 2.45) is 11.8 Å². The standard InChI is InChI=1S/C69H134O17P2/c1-7-11-13-15-17-19-20-29-35-41-47-53-68(73)85-64(57-79-66(71)51-45-39-33-25-18-16-14-12-8-2)59-83-87(75,76)81-55-63(70)56-82-88(77,78)84-60-65(86-69(74)54-48-42-36-30-24-22-27-32-38-44-50-62(6)10-4)58-80-67(72)52-46-40-34-28-23-21-26-31-37-43-49-61(5)9-3/h61-65,70H,7-60H2,1-6H3,(H,75,76)(H,77,78)/t61?,62?,63-,64+,65+/m0/s1. The van der Waals surface area contributed by atoms with E-state index in [9.17, 15) is 43.2 Å². The number of aliphatic hydroxyl groups excluding tert-OH is 1. The normalized spacial score (nSPS) is 14.8. The molecule has 4 unspecified atom stereocenters. The zero-order valence-electron chi connectivity index (χ0n) is 57.0. The van der Waals surface area contributed by atoms with Crippen molar-refractivity contribution in [1.82, 2.24) is 0 Å². The number of unbranched alkanes of at least 4 members (excludes halogenated alkanes) is 36. The maximum absolute atomic E-state index is 13.0. The molecule has 19 heteroatoms. The van der Waals surface area contributed by atoms with Gasteiger partial charge in [-0.25, -0.2) is 9.13 Å². The van der Waals surface area contributed by atoms with E-state index in [1.54, 1.807) is 0 Å². The van der Waals surface area contributed by atoms with Crippen molar-refractivity contribution >= 4 is 39.5 Å². The Balaban J connectivity index is 5.25. The molecular weight excluding hydrogens is 1160 g/mol. The Hall–Kier alpha value is -1.94. The maximum Gasteiger partial charge on any atom is 0.472 e. The summed E-state index contributed by atoms with van der Waals surface area (Å²) in [6.07, 6.45) is 45.5. The minimum Gasteiger partial charge on any atom is -0.462 e. The molecule has 17 nitrogen and oxygen atoms in total. The Morgan fingerprint density at radius 3 is 0.807 bits per heavy atom. The van der Waals surface area contributed by atoms with E-state index in [1.807, 2.05) is 0 Å². The smallest absolute Gasteiger partial charge is 0.462 e. The Morgan fingerprint density at radius 1 is 0.318 bits per heavy atom. The number of hydrogen-bond donors (Lipinski definition) is 3. The molecule has 0 aromatic rings. The van der Waals surface area contributed by atoms with Crippen LogP contribution in [0.1, 0.15) is 350 Å². The number of carbonyl (C=O) groups excluding carboxylic acids is 4. The van der Waals surface area contributed by atoms with Gasteiger partial charge in [-0.05, 0) is 37.5 Å². The molecule has 0 aliphatic rings. The van der Waals surface area contributed by atoms with Crippen LogP contribution < -0.4 is 0 Å². The van der Waals surface area contributed by atoms with Crippen LogP contribution >= 0.6 is 15.6 Å². The molecule has 522 valence electrons. The fourth-order valence-corrected chi connectivity index (χ4v) is 11.9. The molecule has 0 heterocycles. The first-order valence-electron chi connectivity index (χ1n) is 36.1. The number of rotatable bonds is 68.